The van der Waals surface area contributed by atoms with Crippen molar-refractivity contribution in [2.75, 3.05) is 40.2 Å². The zero-order valence-electron chi connectivity index (χ0n) is 18.8. The third kappa shape index (κ3) is 4.69. The molecule has 2 aliphatic rings. The molecular formula is C25H31NO6. The third-order valence-corrected chi connectivity index (χ3v) is 6.14. The molecule has 2 aromatic carbocycles. The van der Waals surface area contributed by atoms with E-state index < -0.39 is 11.9 Å². The standard InChI is InChI=1S/C25H31NO6/c1-16(2)14-30-11-10-26-13-20(18-6-9-21-22(12-18)32-15-31-21)23(25(27)28)24(26)17-4-7-19(29-3)8-5-17/h4-9,12,16,20,23-24H,10-11,13-15H2,1-3H3,(H,27,28)/t20-,23-,24+/m0/s1. The van der Waals surface area contributed by atoms with Crippen LogP contribution >= 0.6 is 0 Å². The predicted molar refractivity (Wildman–Crippen MR) is 119 cm³/mol. The fraction of sp³-hybridized carbons (Fsp3) is 0.480. The van der Waals surface area contributed by atoms with Gasteiger partial charge in [-0.15, -0.1) is 0 Å². The molecule has 0 spiro atoms. The summed E-state index contributed by atoms with van der Waals surface area (Å²) in [5.41, 5.74) is 1.91. The van der Waals surface area contributed by atoms with Gasteiger partial charge in [-0.2, -0.15) is 0 Å². The molecule has 172 valence electrons. The Hall–Kier alpha value is -2.77. The molecular weight excluding hydrogens is 410 g/mol. The van der Waals surface area contributed by atoms with Crippen LogP contribution in [0.2, 0.25) is 0 Å². The van der Waals surface area contributed by atoms with Gasteiger partial charge in [0.1, 0.15) is 5.75 Å². The van der Waals surface area contributed by atoms with E-state index in [-0.39, 0.29) is 18.8 Å². The Morgan fingerprint density at radius 1 is 1.12 bits per heavy atom. The molecule has 32 heavy (non-hydrogen) atoms. The van der Waals surface area contributed by atoms with E-state index in [1.165, 1.54) is 0 Å². The zero-order chi connectivity index (χ0) is 22.7. The number of benzene rings is 2. The van der Waals surface area contributed by atoms with Gasteiger partial charge in [-0.05, 0) is 41.3 Å². The zero-order valence-corrected chi connectivity index (χ0v) is 18.8. The normalized spacial score (nSPS) is 22.4. The van der Waals surface area contributed by atoms with E-state index in [9.17, 15) is 9.90 Å². The summed E-state index contributed by atoms with van der Waals surface area (Å²) in [6, 6.07) is 13.2. The molecule has 2 aliphatic heterocycles. The molecule has 3 atom stereocenters. The van der Waals surface area contributed by atoms with Gasteiger partial charge in [0.05, 0.1) is 19.6 Å². The minimum absolute atomic E-state index is 0.181. The number of nitrogens with zero attached hydrogens (tertiary/aromatic N) is 1. The molecule has 7 nitrogen and oxygen atoms in total. The maximum Gasteiger partial charge on any atom is 0.309 e. The van der Waals surface area contributed by atoms with E-state index in [1.807, 2.05) is 42.5 Å². The van der Waals surface area contributed by atoms with Crippen LogP contribution in [0.1, 0.15) is 36.9 Å². The number of ether oxygens (including phenoxy) is 4. The molecule has 1 fully saturated rings. The van der Waals surface area contributed by atoms with Crippen LogP contribution in [0.15, 0.2) is 42.5 Å². The molecule has 0 bridgehead atoms. The first-order valence-corrected chi connectivity index (χ1v) is 11.1. The SMILES string of the molecule is COc1ccc([C@@H]2[C@@H](C(=O)O)[C@H](c3ccc4c(c3)OCO4)CN2CCOCC(C)C)cc1. The Balaban J connectivity index is 1.64. The van der Waals surface area contributed by atoms with Gasteiger partial charge in [-0.1, -0.05) is 32.0 Å². The van der Waals surface area contributed by atoms with Gasteiger partial charge in [-0.25, -0.2) is 0 Å². The highest BCUT2D eigenvalue weighted by Crippen LogP contribution is 2.47. The number of methoxy groups -OCH3 is 1. The second kappa shape index (κ2) is 9.79. The van der Waals surface area contributed by atoms with Crippen molar-refractivity contribution < 1.29 is 28.8 Å². The highest BCUT2D eigenvalue weighted by Gasteiger charge is 2.47. The number of hydrogen-bond donors (Lipinski definition) is 1. The first-order valence-electron chi connectivity index (χ1n) is 11.1. The lowest BCUT2D eigenvalue weighted by Gasteiger charge is -2.27. The van der Waals surface area contributed by atoms with Gasteiger partial charge in [-0.3, -0.25) is 9.69 Å². The van der Waals surface area contributed by atoms with Gasteiger partial charge in [0.25, 0.3) is 0 Å². The molecule has 0 unspecified atom stereocenters. The minimum atomic E-state index is -0.806. The van der Waals surface area contributed by atoms with Crippen molar-refractivity contribution >= 4 is 5.97 Å². The number of carboxylic acid groups (broad SMARTS) is 1. The Kier molecular flexibility index (Phi) is 6.86. The van der Waals surface area contributed by atoms with Gasteiger partial charge in [0, 0.05) is 31.7 Å². The fourth-order valence-corrected chi connectivity index (χ4v) is 4.64. The summed E-state index contributed by atoms with van der Waals surface area (Å²) in [5, 5.41) is 10.3. The number of carbonyl (C=O) groups is 1. The van der Waals surface area contributed by atoms with Crippen LogP contribution in [0, 0.1) is 11.8 Å². The van der Waals surface area contributed by atoms with E-state index in [2.05, 4.69) is 18.7 Å². The first-order chi connectivity index (χ1) is 15.5. The van der Waals surface area contributed by atoms with E-state index >= 15 is 0 Å². The lowest BCUT2D eigenvalue weighted by atomic mass is 9.82. The Bertz CT molecular complexity index is 929. The van der Waals surface area contributed by atoms with Crippen molar-refractivity contribution in [3.05, 3.63) is 53.6 Å². The lowest BCUT2D eigenvalue weighted by Crippen LogP contribution is -2.31. The van der Waals surface area contributed by atoms with E-state index in [4.69, 9.17) is 18.9 Å². The Morgan fingerprint density at radius 2 is 1.84 bits per heavy atom. The second-order valence-corrected chi connectivity index (χ2v) is 8.76. The molecule has 1 saturated heterocycles. The van der Waals surface area contributed by atoms with Crippen molar-refractivity contribution in [2.24, 2.45) is 11.8 Å². The van der Waals surface area contributed by atoms with Crippen LogP contribution in [0.25, 0.3) is 0 Å². The fourth-order valence-electron chi connectivity index (χ4n) is 4.64. The number of rotatable bonds is 9. The molecule has 1 N–H and O–H groups in total. The van der Waals surface area contributed by atoms with Gasteiger partial charge in [0.2, 0.25) is 6.79 Å². The molecule has 0 aliphatic carbocycles. The molecule has 0 radical (unpaired) electrons. The number of hydrogen-bond acceptors (Lipinski definition) is 6. The van der Waals surface area contributed by atoms with E-state index in [1.54, 1.807) is 7.11 Å². The second-order valence-electron chi connectivity index (χ2n) is 8.76. The average molecular weight is 442 g/mol. The van der Waals surface area contributed by atoms with Gasteiger partial charge >= 0.3 is 5.97 Å². The molecule has 2 heterocycles. The molecule has 0 amide bonds. The Labute approximate surface area is 188 Å². The molecule has 4 rings (SSSR count). The van der Waals surface area contributed by atoms with Crippen molar-refractivity contribution in [3.63, 3.8) is 0 Å². The summed E-state index contributed by atoms with van der Waals surface area (Å²) in [7, 11) is 1.62. The third-order valence-electron chi connectivity index (χ3n) is 6.14. The van der Waals surface area contributed by atoms with E-state index in [0.29, 0.717) is 43.7 Å². The molecule has 7 heteroatoms. The summed E-state index contributed by atoms with van der Waals surface area (Å²) in [6.45, 7) is 6.96. The predicted octanol–water partition coefficient (Wildman–Crippen LogP) is 3.94. The summed E-state index contributed by atoms with van der Waals surface area (Å²) < 4.78 is 22.1. The van der Waals surface area contributed by atoms with E-state index in [0.717, 1.165) is 16.9 Å². The highest BCUT2D eigenvalue weighted by molar-refractivity contribution is 5.74. The van der Waals surface area contributed by atoms with Crippen molar-refractivity contribution in [1.82, 2.24) is 4.90 Å². The van der Waals surface area contributed by atoms with Crippen LogP contribution in [-0.2, 0) is 9.53 Å². The highest BCUT2D eigenvalue weighted by atomic mass is 16.7. The maximum absolute atomic E-state index is 12.6. The number of fused-ring (bicyclic) bond motifs is 1. The lowest BCUT2D eigenvalue weighted by molar-refractivity contribution is -0.143. The monoisotopic (exact) mass is 441 g/mol. The largest absolute Gasteiger partial charge is 0.497 e. The quantitative estimate of drug-likeness (QED) is 0.591. The van der Waals surface area contributed by atoms with Crippen molar-refractivity contribution in [3.8, 4) is 17.2 Å². The summed E-state index contributed by atoms with van der Waals surface area (Å²) in [6.07, 6.45) is 0. The summed E-state index contributed by atoms with van der Waals surface area (Å²) in [4.78, 5) is 14.8. The number of carboxylic acids is 1. The smallest absolute Gasteiger partial charge is 0.309 e. The average Bonchev–Trinajstić information content (AvgIpc) is 3.40. The topological polar surface area (TPSA) is 77.5 Å². The summed E-state index contributed by atoms with van der Waals surface area (Å²) >= 11 is 0. The number of aliphatic carboxylic acids is 1. The molecule has 0 aromatic heterocycles. The van der Waals surface area contributed by atoms with Crippen LogP contribution < -0.4 is 14.2 Å². The van der Waals surface area contributed by atoms with Crippen LogP contribution in [-0.4, -0.2) is 56.2 Å². The maximum atomic E-state index is 12.6. The number of likely N-dealkylation sites (tertiary alicyclic amines) is 1. The molecule has 2 aromatic rings. The first kappa shape index (κ1) is 22.4. The van der Waals surface area contributed by atoms with Crippen molar-refractivity contribution in [2.45, 2.75) is 25.8 Å². The minimum Gasteiger partial charge on any atom is -0.497 e. The van der Waals surface area contributed by atoms with Crippen molar-refractivity contribution in [1.29, 1.82) is 0 Å². The van der Waals surface area contributed by atoms with Crippen LogP contribution in [0.3, 0.4) is 0 Å². The van der Waals surface area contributed by atoms with Gasteiger partial charge < -0.3 is 24.1 Å². The van der Waals surface area contributed by atoms with Crippen LogP contribution in [0.4, 0.5) is 0 Å². The van der Waals surface area contributed by atoms with Gasteiger partial charge in [0.15, 0.2) is 11.5 Å². The Morgan fingerprint density at radius 3 is 2.53 bits per heavy atom. The van der Waals surface area contributed by atoms with Crippen LogP contribution in [0.5, 0.6) is 17.2 Å². The summed E-state index contributed by atoms with van der Waals surface area (Å²) in [5.74, 6) is 0.986. The molecule has 0 saturated carbocycles.